The van der Waals surface area contributed by atoms with Crippen LogP contribution in [0.5, 0.6) is 5.75 Å². The molecule has 0 amide bonds. The van der Waals surface area contributed by atoms with E-state index in [-0.39, 0.29) is 6.61 Å². The molecule has 0 aromatic heterocycles. The van der Waals surface area contributed by atoms with E-state index in [1.165, 1.54) is 0 Å². The summed E-state index contributed by atoms with van der Waals surface area (Å²) in [5.41, 5.74) is 5.90. The molecule has 0 spiro atoms. The van der Waals surface area contributed by atoms with Crippen LogP contribution >= 0.6 is 0 Å². The largest absolute Gasteiger partial charge is 0.491 e. The Kier molecular flexibility index (Phi) is 6.81. The van der Waals surface area contributed by atoms with E-state index in [0.29, 0.717) is 24.4 Å². The van der Waals surface area contributed by atoms with Gasteiger partial charge in [0, 0.05) is 6.54 Å². The predicted octanol–water partition coefficient (Wildman–Crippen LogP) is 0.236. The highest BCUT2D eigenvalue weighted by Gasteiger charge is 2.04. The van der Waals surface area contributed by atoms with Crippen LogP contribution in [-0.2, 0) is 0 Å². The molecule has 0 heterocycles. The van der Waals surface area contributed by atoms with Crippen molar-refractivity contribution in [1.29, 1.82) is 5.26 Å². The lowest BCUT2D eigenvalue weighted by Gasteiger charge is -2.13. The van der Waals surface area contributed by atoms with Crippen molar-refractivity contribution < 1.29 is 9.84 Å². The molecule has 1 aromatic carbocycles. The molecule has 5 nitrogen and oxygen atoms in total. The molecule has 4 N–H and O–H groups in total. The maximum atomic E-state index is 9.65. The third-order valence-electron chi connectivity index (χ3n) is 2.34. The first-order valence-corrected chi connectivity index (χ1v) is 5.98. The molecule has 98 valence electrons. The molecule has 0 saturated heterocycles. The lowest BCUT2D eigenvalue weighted by Crippen LogP contribution is -2.32. The van der Waals surface area contributed by atoms with Gasteiger partial charge in [0.1, 0.15) is 18.5 Å². The van der Waals surface area contributed by atoms with E-state index in [2.05, 4.69) is 5.32 Å². The number of nitrogens with two attached hydrogens (primary N) is 1. The average molecular weight is 249 g/mol. The fraction of sp³-hybridized carbons (Fsp3) is 0.462. The van der Waals surface area contributed by atoms with Crippen molar-refractivity contribution in [3.63, 3.8) is 0 Å². The lowest BCUT2D eigenvalue weighted by molar-refractivity contribution is 0.106. The molecule has 18 heavy (non-hydrogen) atoms. The van der Waals surface area contributed by atoms with Crippen LogP contribution in [0.2, 0.25) is 0 Å². The summed E-state index contributed by atoms with van der Waals surface area (Å²) >= 11 is 0. The van der Waals surface area contributed by atoms with Gasteiger partial charge in [0.15, 0.2) is 0 Å². The van der Waals surface area contributed by atoms with Crippen molar-refractivity contribution in [2.45, 2.75) is 12.5 Å². The molecule has 0 aliphatic rings. The number of rotatable bonds is 8. The minimum Gasteiger partial charge on any atom is -0.491 e. The van der Waals surface area contributed by atoms with Crippen molar-refractivity contribution in [2.24, 2.45) is 5.73 Å². The lowest BCUT2D eigenvalue weighted by atomic mass is 10.2. The van der Waals surface area contributed by atoms with Crippen LogP contribution in [0, 0.1) is 11.3 Å². The SMILES string of the molecule is N#Cc1cccc(OCC(O)CNCCCN)c1. The van der Waals surface area contributed by atoms with Gasteiger partial charge in [-0.1, -0.05) is 6.07 Å². The smallest absolute Gasteiger partial charge is 0.120 e. The molecule has 1 rings (SSSR count). The van der Waals surface area contributed by atoms with Gasteiger partial charge >= 0.3 is 0 Å². The number of nitrogens with one attached hydrogen (secondary N) is 1. The van der Waals surface area contributed by atoms with Crippen LogP contribution < -0.4 is 15.8 Å². The van der Waals surface area contributed by atoms with Gasteiger partial charge in [-0.05, 0) is 37.7 Å². The van der Waals surface area contributed by atoms with E-state index >= 15 is 0 Å². The zero-order valence-corrected chi connectivity index (χ0v) is 10.3. The van der Waals surface area contributed by atoms with Crippen molar-refractivity contribution in [3.8, 4) is 11.8 Å². The maximum Gasteiger partial charge on any atom is 0.120 e. The summed E-state index contributed by atoms with van der Waals surface area (Å²) in [6.45, 7) is 2.10. The first-order valence-electron chi connectivity index (χ1n) is 5.98. The molecule has 1 unspecified atom stereocenters. The van der Waals surface area contributed by atoms with Crippen LogP contribution in [0.1, 0.15) is 12.0 Å². The number of aliphatic hydroxyl groups is 1. The Labute approximate surface area is 107 Å². The van der Waals surface area contributed by atoms with Crippen LogP contribution in [-0.4, -0.2) is 37.5 Å². The molecular weight excluding hydrogens is 230 g/mol. The summed E-state index contributed by atoms with van der Waals surface area (Å²) < 4.78 is 5.40. The van der Waals surface area contributed by atoms with Crippen LogP contribution in [0.15, 0.2) is 24.3 Å². The van der Waals surface area contributed by atoms with Crippen LogP contribution in [0.4, 0.5) is 0 Å². The number of nitrogens with zero attached hydrogens (tertiary/aromatic N) is 1. The summed E-state index contributed by atoms with van der Waals surface area (Å²) in [4.78, 5) is 0. The molecule has 0 radical (unpaired) electrons. The van der Waals surface area contributed by atoms with E-state index in [9.17, 15) is 5.11 Å². The van der Waals surface area contributed by atoms with Crippen molar-refractivity contribution >= 4 is 0 Å². The molecule has 1 aromatic rings. The topological polar surface area (TPSA) is 91.3 Å². The Morgan fingerprint density at radius 3 is 3.06 bits per heavy atom. The Bertz CT molecular complexity index is 390. The summed E-state index contributed by atoms with van der Waals surface area (Å²) in [7, 11) is 0. The van der Waals surface area contributed by atoms with Gasteiger partial charge in [-0.25, -0.2) is 0 Å². The Hall–Kier alpha value is -1.61. The van der Waals surface area contributed by atoms with E-state index in [0.717, 1.165) is 13.0 Å². The summed E-state index contributed by atoms with van der Waals surface area (Å²) in [5.74, 6) is 0.593. The van der Waals surface area contributed by atoms with Crippen molar-refractivity contribution in [1.82, 2.24) is 5.32 Å². The average Bonchev–Trinajstić information content (AvgIpc) is 2.41. The van der Waals surface area contributed by atoms with Gasteiger partial charge < -0.3 is 20.9 Å². The number of aliphatic hydroxyl groups excluding tert-OH is 1. The number of ether oxygens (including phenoxy) is 1. The van der Waals surface area contributed by atoms with E-state index in [4.69, 9.17) is 15.7 Å². The molecule has 0 saturated carbocycles. The first-order chi connectivity index (χ1) is 8.76. The van der Waals surface area contributed by atoms with E-state index in [1.54, 1.807) is 24.3 Å². The molecule has 0 fully saturated rings. The zero-order chi connectivity index (χ0) is 13.2. The normalized spacial score (nSPS) is 11.8. The van der Waals surface area contributed by atoms with E-state index < -0.39 is 6.10 Å². The zero-order valence-electron chi connectivity index (χ0n) is 10.3. The van der Waals surface area contributed by atoms with Gasteiger partial charge in [0.25, 0.3) is 0 Å². The highest BCUT2D eigenvalue weighted by molar-refractivity contribution is 5.36. The highest BCUT2D eigenvalue weighted by Crippen LogP contribution is 2.12. The number of benzene rings is 1. The number of nitriles is 1. The second-order valence-corrected chi connectivity index (χ2v) is 3.95. The van der Waals surface area contributed by atoms with Crippen LogP contribution in [0.25, 0.3) is 0 Å². The standard InChI is InChI=1S/C13H19N3O2/c14-5-2-6-16-9-12(17)10-18-13-4-1-3-11(7-13)8-15/h1,3-4,7,12,16-17H,2,5-6,9-10,14H2. The third kappa shape index (κ3) is 5.64. The number of hydrogen-bond acceptors (Lipinski definition) is 5. The van der Waals surface area contributed by atoms with Crippen molar-refractivity contribution in [3.05, 3.63) is 29.8 Å². The van der Waals surface area contributed by atoms with E-state index in [1.807, 2.05) is 6.07 Å². The molecule has 1 atom stereocenters. The second kappa shape index (κ2) is 8.48. The van der Waals surface area contributed by atoms with Gasteiger partial charge in [0.05, 0.1) is 11.6 Å². The van der Waals surface area contributed by atoms with Crippen molar-refractivity contribution in [2.75, 3.05) is 26.2 Å². The summed E-state index contributed by atoms with van der Waals surface area (Å²) in [6, 6.07) is 8.90. The number of hydrogen-bond donors (Lipinski definition) is 3. The van der Waals surface area contributed by atoms with Gasteiger partial charge in [0.2, 0.25) is 0 Å². The van der Waals surface area contributed by atoms with Gasteiger partial charge in [-0.3, -0.25) is 0 Å². The summed E-state index contributed by atoms with van der Waals surface area (Å²) in [5, 5.41) is 21.5. The third-order valence-corrected chi connectivity index (χ3v) is 2.34. The minimum absolute atomic E-state index is 0.199. The summed E-state index contributed by atoms with van der Waals surface area (Å²) in [6.07, 6.45) is 0.311. The first kappa shape index (κ1) is 14.5. The van der Waals surface area contributed by atoms with Gasteiger partial charge in [-0.15, -0.1) is 0 Å². The Balaban J connectivity index is 2.25. The predicted molar refractivity (Wildman–Crippen MR) is 69.2 cm³/mol. The second-order valence-electron chi connectivity index (χ2n) is 3.95. The van der Waals surface area contributed by atoms with Gasteiger partial charge in [-0.2, -0.15) is 5.26 Å². The molecular formula is C13H19N3O2. The molecule has 0 aliphatic heterocycles. The fourth-order valence-electron chi connectivity index (χ4n) is 1.40. The highest BCUT2D eigenvalue weighted by atomic mass is 16.5. The quantitative estimate of drug-likeness (QED) is 0.574. The Morgan fingerprint density at radius 2 is 2.33 bits per heavy atom. The minimum atomic E-state index is -0.575. The van der Waals surface area contributed by atoms with Crippen LogP contribution in [0.3, 0.4) is 0 Å². The monoisotopic (exact) mass is 249 g/mol. The molecule has 0 bridgehead atoms. The Morgan fingerprint density at radius 1 is 1.50 bits per heavy atom. The molecule has 0 aliphatic carbocycles. The molecule has 5 heteroatoms. The fourth-order valence-corrected chi connectivity index (χ4v) is 1.40. The maximum absolute atomic E-state index is 9.65.